The van der Waals surface area contributed by atoms with Crippen LogP contribution in [0.4, 0.5) is 13.2 Å². The number of nitrogens with one attached hydrogen (secondary N) is 1. The van der Waals surface area contributed by atoms with Gasteiger partial charge in [-0.3, -0.25) is 4.79 Å². The smallest absolute Gasteiger partial charge is 0.466 e. The summed E-state index contributed by atoms with van der Waals surface area (Å²) in [5.74, 6) is 1.76. The van der Waals surface area contributed by atoms with Crippen LogP contribution < -0.4 is 4.13 Å². The molecule has 250 valence electrons. The van der Waals surface area contributed by atoms with Crippen LogP contribution in [0.15, 0.2) is 12.7 Å². The molecule has 0 aromatic carbocycles. The van der Waals surface area contributed by atoms with E-state index in [4.69, 9.17) is 23.7 Å². The maximum atomic E-state index is 12.3. The molecule has 1 N–H and O–H groups in total. The summed E-state index contributed by atoms with van der Waals surface area (Å²) in [5, 5.41) is 0. The first-order valence-corrected chi connectivity index (χ1v) is 18.8. The van der Waals surface area contributed by atoms with Crippen molar-refractivity contribution in [1.82, 2.24) is 4.13 Å². The van der Waals surface area contributed by atoms with Gasteiger partial charge < -0.3 is 23.7 Å². The van der Waals surface area contributed by atoms with Gasteiger partial charge in [0.15, 0.2) is 0 Å². The Kier molecular flexibility index (Phi) is 23.4. The molecular weight excluding hydrogens is 648 g/mol. The number of ether oxygens (including phenoxy) is 5. The average molecular weight is 692 g/mol. The molecule has 2 atom stereocenters. The van der Waals surface area contributed by atoms with Crippen molar-refractivity contribution in [2.45, 2.75) is 56.7 Å². The highest BCUT2D eigenvalue weighted by Crippen LogP contribution is 2.22. The Labute approximate surface area is 256 Å². The lowest BCUT2D eigenvalue weighted by Crippen LogP contribution is -2.41. The molecule has 0 aliphatic heterocycles. The van der Waals surface area contributed by atoms with Crippen molar-refractivity contribution >= 4 is 49.5 Å². The quantitative estimate of drug-likeness (QED) is 0.0730. The van der Waals surface area contributed by atoms with Crippen molar-refractivity contribution in [3.8, 4) is 0 Å². The van der Waals surface area contributed by atoms with Gasteiger partial charge in [0.05, 0.1) is 51.3 Å². The fourth-order valence-corrected chi connectivity index (χ4v) is 7.33. The summed E-state index contributed by atoms with van der Waals surface area (Å²) in [4.78, 5) is 11.7. The van der Waals surface area contributed by atoms with E-state index in [0.29, 0.717) is 42.9 Å². The van der Waals surface area contributed by atoms with Crippen LogP contribution in [0.2, 0.25) is 0 Å². The summed E-state index contributed by atoms with van der Waals surface area (Å²) in [7, 11) is -9.14. The number of esters is 1. The number of hydrogen-bond donors (Lipinski definition) is 1. The van der Waals surface area contributed by atoms with Crippen LogP contribution in [-0.2, 0) is 48.5 Å². The Bertz CT molecular complexity index is 937. The van der Waals surface area contributed by atoms with Gasteiger partial charge in [-0.25, -0.2) is 16.8 Å². The number of rotatable bonds is 28. The number of hydrogen-bond acceptors (Lipinski definition) is 12. The molecule has 0 bridgehead atoms. The molecule has 0 rings (SSSR count). The fourth-order valence-electron chi connectivity index (χ4n) is 2.86. The molecule has 0 aliphatic carbocycles. The lowest BCUT2D eigenvalue weighted by atomic mass is 10.3. The maximum absolute atomic E-state index is 12.3. The second-order valence-electron chi connectivity index (χ2n) is 8.73. The predicted molar refractivity (Wildman–Crippen MR) is 159 cm³/mol. The zero-order valence-corrected chi connectivity index (χ0v) is 27.4. The summed E-state index contributed by atoms with van der Waals surface area (Å²) < 4.78 is 109. The van der Waals surface area contributed by atoms with Crippen molar-refractivity contribution in [1.29, 1.82) is 0 Å². The van der Waals surface area contributed by atoms with E-state index >= 15 is 0 Å². The highest BCUT2D eigenvalue weighted by Gasteiger charge is 2.48. The van der Waals surface area contributed by atoms with Crippen molar-refractivity contribution in [2.24, 2.45) is 0 Å². The van der Waals surface area contributed by atoms with Gasteiger partial charge in [-0.1, -0.05) is 13.0 Å². The molecule has 0 aliphatic rings. The highest BCUT2D eigenvalue weighted by molar-refractivity contribution is 8.05. The third kappa shape index (κ3) is 22.0. The van der Waals surface area contributed by atoms with Gasteiger partial charge in [0, 0.05) is 19.5 Å². The predicted octanol–water partition coefficient (Wildman–Crippen LogP) is 3.35. The zero-order chi connectivity index (χ0) is 31.9. The Hall–Kier alpha value is -0.600. The van der Waals surface area contributed by atoms with Crippen LogP contribution in [0.3, 0.4) is 0 Å². The molecule has 0 radical (unpaired) electrons. The minimum absolute atomic E-state index is 0.00284. The molecule has 0 aromatic heterocycles. The highest BCUT2D eigenvalue weighted by atomic mass is 32.3. The SMILES string of the molecule is C=CCOCC(CC)OCC(COCCCSCCCSCCC(=O)OCCCS(=O)(=O)NS(=O)(=O)C(F)(F)F)OC. The molecule has 0 saturated carbocycles. The minimum atomic E-state index is -6.02. The normalized spacial score (nSPS) is 14.0. The second-order valence-corrected chi connectivity index (χ2v) is 15.0. The molecule has 42 heavy (non-hydrogen) atoms. The summed E-state index contributed by atoms with van der Waals surface area (Å²) in [6.45, 7) is 7.81. The van der Waals surface area contributed by atoms with Crippen molar-refractivity contribution in [3.63, 3.8) is 0 Å². The van der Waals surface area contributed by atoms with Crippen LogP contribution >= 0.6 is 23.5 Å². The summed E-state index contributed by atoms with van der Waals surface area (Å²) >= 11 is 3.38. The van der Waals surface area contributed by atoms with E-state index in [1.54, 1.807) is 24.9 Å². The minimum Gasteiger partial charge on any atom is -0.466 e. The zero-order valence-electron chi connectivity index (χ0n) is 24.1. The van der Waals surface area contributed by atoms with Crippen LogP contribution in [0.1, 0.15) is 39.0 Å². The third-order valence-electron chi connectivity index (χ3n) is 5.12. The van der Waals surface area contributed by atoms with E-state index in [1.807, 2.05) is 18.7 Å². The molecule has 0 heterocycles. The van der Waals surface area contributed by atoms with Gasteiger partial charge >= 0.3 is 21.5 Å². The van der Waals surface area contributed by atoms with E-state index in [2.05, 4.69) is 6.58 Å². The first-order chi connectivity index (χ1) is 19.8. The number of alkyl halides is 3. The van der Waals surface area contributed by atoms with Gasteiger partial charge in [0.25, 0.3) is 0 Å². The monoisotopic (exact) mass is 691 g/mol. The number of thioether (sulfide) groups is 2. The van der Waals surface area contributed by atoms with Crippen LogP contribution in [0.5, 0.6) is 0 Å². The number of halogens is 3. The molecule has 0 aromatic rings. The molecule has 2 unspecified atom stereocenters. The summed E-state index contributed by atoms with van der Waals surface area (Å²) in [6.07, 6.45) is 4.00. The van der Waals surface area contributed by atoms with Crippen molar-refractivity contribution in [2.75, 3.05) is 75.5 Å². The number of carbonyl (C=O) groups excluding carboxylic acids is 1. The summed E-state index contributed by atoms with van der Waals surface area (Å²) in [6, 6.07) is 0. The van der Waals surface area contributed by atoms with Gasteiger partial charge in [0.1, 0.15) is 6.10 Å². The molecule has 0 spiro atoms. The number of methoxy groups -OCH3 is 1. The van der Waals surface area contributed by atoms with Gasteiger partial charge in [-0.15, -0.1) is 10.7 Å². The second kappa shape index (κ2) is 23.7. The topological polar surface area (TPSA) is 144 Å². The van der Waals surface area contributed by atoms with E-state index in [0.717, 1.165) is 36.5 Å². The van der Waals surface area contributed by atoms with Gasteiger partial charge in [-0.2, -0.15) is 36.7 Å². The largest absolute Gasteiger partial charge is 0.512 e. The van der Waals surface area contributed by atoms with Gasteiger partial charge in [-0.05, 0) is 42.9 Å². The maximum Gasteiger partial charge on any atom is 0.512 e. The van der Waals surface area contributed by atoms with Gasteiger partial charge in [0.2, 0.25) is 10.0 Å². The first kappa shape index (κ1) is 41.4. The van der Waals surface area contributed by atoms with E-state index < -0.39 is 37.3 Å². The molecule has 11 nitrogen and oxygen atoms in total. The Morgan fingerprint density at radius 2 is 1.57 bits per heavy atom. The standard InChI is InChI=1S/C24H44F3NO10S4/c1-4-10-35-18-21(5-2)38-20-22(34-3)19-36-11-6-13-39-14-8-15-40-16-9-23(29)37-12-7-17-41(30,31)28-42(32,33)24(25,26)27/h4,21-22,28H,1,5-20H2,2-3H3. The van der Waals surface area contributed by atoms with Crippen LogP contribution in [0.25, 0.3) is 0 Å². The fraction of sp³-hybridized carbons (Fsp3) is 0.875. The number of carbonyl (C=O) groups is 1. The van der Waals surface area contributed by atoms with Crippen LogP contribution in [0, 0.1) is 0 Å². The van der Waals surface area contributed by atoms with E-state index in [-0.39, 0.29) is 31.7 Å². The molecular formula is C24H44F3NO10S4. The van der Waals surface area contributed by atoms with Crippen LogP contribution in [-0.4, -0.2) is 116 Å². The van der Waals surface area contributed by atoms with E-state index in [1.165, 1.54) is 0 Å². The Morgan fingerprint density at radius 3 is 2.19 bits per heavy atom. The lowest BCUT2D eigenvalue weighted by Gasteiger charge is -2.20. The Morgan fingerprint density at radius 1 is 0.929 bits per heavy atom. The third-order valence-corrected chi connectivity index (χ3v) is 10.7. The average Bonchev–Trinajstić information content (AvgIpc) is 2.91. The number of sulfonamides is 2. The molecule has 18 heteroatoms. The molecule has 0 saturated heterocycles. The summed E-state index contributed by atoms with van der Waals surface area (Å²) in [5.41, 5.74) is -5.75. The molecule has 0 amide bonds. The first-order valence-electron chi connectivity index (χ1n) is 13.3. The van der Waals surface area contributed by atoms with Crippen molar-refractivity contribution < 1.29 is 58.5 Å². The molecule has 0 fully saturated rings. The lowest BCUT2D eigenvalue weighted by molar-refractivity contribution is -0.143. The van der Waals surface area contributed by atoms with E-state index in [9.17, 15) is 34.8 Å². The Balaban J connectivity index is 3.71. The van der Waals surface area contributed by atoms with Crippen molar-refractivity contribution in [3.05, 3.63) is 12.7 Å².